The molecule has 3 heteroatoms. The van der Waals surface area contributed by atoms with Gasteiger partial charge in [-0.1, -0.05) is 13.0 Å². The number of aryl methyl sites for hydroxylation is 1. The van der Waals surface area contributed by atoms with Crippen molar-refractivity contribution in [2.24, 2.45) is 0 Å². The van der Waals surface area contributed by atoms with Crippen molar-refractivity contribution >= 4 is 0 Å². The summed E-state index contributed by atoms with van der Waals surface area (Å²) in [6.07, 6.45) is 5.11. The second-order valence-corrected chi connectivity index (χ2v) is 5.21. The van der Waals surface area contributed by atoms with Crippen LogP contribution in [0, 0.1) is 0 Å². The molecule has 20 heavy (non-hydrogen) atoms. The normalized spacial score (nSPS) is 13.8. The van der Waals surface area contributed by atoms with E-state index in [0.717, 1.165) is 50.5 Å². The van der Waals surface area contributed by atoms with E-state index in [-0.39, 0.29) is 0 Å². The largest absolute Gasteiger partial charge is 0.493 e. The van der Waals surface area contributed by atoms with E-state index in [9.17, 15) is 0 Å². The third-order valence-electron chi connectivity index (χ3n) is 3.68. The zero-order chi connectivity index (χ0) is 13.8. The Balaban J connectivity index is 1.84. The number of furan rings is 1. The summed E-state index contributed by atoms with van der Waals surface area (Å²) >= 11 is 0. The van der Waals surface area contributed by atoms with E-state index < -0.39 is 0 Å². The predicted octanol–water partition coefficient (Wildman–Crippen LogP) is 3.77. The van der Waals surface area contributed by atoms with E-state index in [1.807, 2.05) is 6.07 Å². The van der Waals surface area contributed by atoms with Crippen LogP contribution in [-0.2, 0) is 13.0 Å². The van der Waals surface area contributed by atoms with Gasteiger partial charge < -0.3 is 14.5 Å². The zero-order valence-corrected chi connectivity index (χ0v) is 11.9. The Hall–Kier alpha value is -1.74. The van der Waals surface area contributed by atoms with Crippen molar-refractivity contribution in [2.45, 2.75) is 32.7 Å². The average Bonchev–Trinajstić information content (AvgIpc) is 2.95. The van der Waals surface area contributed by atoms with Crippen molar-refractivity contribution in [3.63, 3.8) is 0 Å². The maximum Gasteiger partial charge on any atom is 0.125 e. The highest BCUT2D eigenvalue weighted by atomic mass is 16.5. The fourth-order valence-corrected chi connectivity index (χ4v) is 2.64. The van der Waals surface area contributed by atoms with Crippen molar-refractivity contribution in [3.8, 4) is 16.9 Å². The van der Waals surface area contributed by atoms with Gasteiger partial charge in [0.05, 0.1) is 19.4 Å². The van der Waals surface area contributed by atoms with E-state index in [2.05, 4.69) is 30.4 Å². The van der Waals surface area contributed by atoms with Crippen LogP contribution in [0.3, 0.4) is 0 Å². The summed E-state index contributed by atoms with van der Waals surface area (Å²) in [6.45, 7) is 4.80. The highest BCUT2D eigenvalue weighted by Crippen LogP contribution is 2.32. The number of hydrogen-bond donors (Lipinski definition) is 1. The van der Waals surface area contributed by atoms with Crippen molar-refractivity contribution in [2.75, 3.05) is 13.2 Å². The molecule has 1 aliphatic rings. The standard InChI is InChI=1S/C17H21NO2/c1-2-8-18-12-17-15(7-10-20-17)13-5-6-16-14(11-13)4-3-9-19-16/h5-7,10-11,18H,2-4,8-9,12H2,1H3. The number of fused-ring (bicyclic) bond motifs is 1. The van der Waals surface area contributed by atoms with Gasteiger partial charge in [0.25, 0.3) is 0 Å². The smallest absolute Gasteiger partial charge is 0.125 e. The molecule has 0 amide bonds. The van der Waals surface area contributed by atoms with Gasteiger partial charge in [-0.25, -0.2) is 0 Å². The molecular weight excluding hydrogens is 250 g/mol. The number of nitrogens with one attached hydrogen (secondary N) is 1. The molecule has 0 saturated heterocycles. The van der Waals surface area contributed by atoms with Gasteiger partial charge in [0, 0.05) is 5.56 Å². The average molecular weight is 271 g/mol. The van der Waals surface area contributed by atoms with E-state index in [1.54, 1.807) is 6.26 Å². The maximum absolute atomic E-state index is 5.67. The first kappa shape index (κ1) is 13.3. The number of rotatable bonds is 5. The first-order valence-corrected chi connectivity index (χ1v) is 7.41. The van der Waals surface area contributed by atoms with E-state index >= 15 is 0 Å². The fourth-order valence-electron chi connectivity index (χ4n) is 2.64. The van der Waals surface area contributed by atoms with Crippen LogP contribution >= 0.6 is 0 Å². The second kappa shape index (κ2) is 6.14. The Kier molecular flexibility index (Phi) is 4.07. The van der Waals surface area contributed by atoms with Crippen molar-refractivity contribution in [3.05, 3.63) is 41.9 Å². The molecule has 0 unspecified atom stereocenters. The Morgan fingerprint density at radius 3 is 3.10 bits per heavy atom. The van der Waals surface area contributed by atoms with Crippen molar-refractivity contribution in [1.29, 1.82) is 0 Å². The molecule has 3 rings (SSSR count). The molecule has 0 radical (unpaired) electrons. The molecule has 3 nitrogen and oxygen atoms in total. The molecule has 2 heterocycles. The fraction of sp³-hybridized carbons (Fsp3) is 0.412. The van der Waals surface area contributed by atoms with Crippen LogP contribution < -0.4 is 10.1 Å². The minimum Gasteiger partial charge on any atom is -0.493 e. The highest BCUT2D eigenvalue weighted by Gasteiger charge is 2.14. The molecule has 1 aromatic heterocycles. The van der Waals surface area contributed by atoms with Gasteiger partial charge in [-0.2, -0.15) is 0 Å². The van der Waals surface area contributed by atoms with E-state index in [0.29, 0.717) is 0 Å². The molecule has 1 N–H and O–H groups in total. The van der Waals surface area contributed by atoms with Gasteiger partial charge in [0.1, 0.15) is 11.5 Å². The van der Waals surface area contributed by atoms with E-state index in [4.69, 9.17) is 9.15 Å². The van der Waals surface area contributed by atoms with Gasteiger partial charge in [-0.3, -0.25) is 0 Å². The lowest BCUT2D eigenvalue weighted by Gasteiger charge is -2.17. The molecule has 0 fully saturated rings. The van der Waals surface area contributed by atoms with Crippen molar-refractivity contribution < 1.29 is 9.15 Å². The monoisotopic (exact) mass is 271 g/mol. The van der Waals surface area contributed by atoms with E-state index in [1.165, 1.54) is 16.7 Å². The molecule has 0 saturated carbocycles. The first-order chi connectivity index (χ1) is 9.88. The summed E-state index contributed by atoms with van der Waals surface area (Å²) < 4.78 is 11.3. The quantitative estimate of drug-likeness (QED) is 0.841. The Labute approximate surface area is 119 Å². The molecule has 0 bridgehead atoms. The molecule has 2 aromatic rings. The first-order valence-electron chi connectivity index (χ1n) is 7.41. The Morgan fingerprint density at radius 1 is 1.25 bits per heavy atom. The number of hydrogen-bond acceptors (Lipinski definition) is 3. The van der Waals surface area contributed by atoms with Crippen LogP contribution in [0.1, 0.15) is 31.1 Å². The molecule has 106 valence electrons. The summed E-state index contributed by atoms with van der Waals surface area (Å²) in [7, 11) is 0. The maximum atomic E-state index is 5.67. The number of benzene rings is 1. The Bertz CT molecular complexity index is 574. The molecular formula is C17H21NO2. The predicted molar refractivity (Wildman–Crippen MR) is 80.0 cm³/mol. The topological polar surface area (TPSA) is 34.4 Å². The van der Waals surface area contributed by atoms with Crippen molar-refractivity contribution in [1.82, 2.24) is 5.32 Å². The molecule has 0 atom stereocenters. The van der Waals surface area contributed by atoms with Gasteiger partial charge in [0.15, 0.2) is 0 Å². The minimum absolute atomic E-state index is 0.782. The lowest BCUT2D eigenvalue weighted by Crippen LogP contribution is -2.13. The highest BCUT2D eigenvalue weighted by molar-refractivity contribution is 5.67. The molecule has 1 aliphatic heterocycles. The van der Waals surface area contributed by atoms with Crippen LogP contribution in [-0.4, -0.2) is 13.2 Å². The summed E-state index contributed by atoms with van der Waals surface area (Å²) in [5.74, 6) is 2.05. The lowest BCUT2D eigenvalue weighted by molar-refractivity contribution is 0.288. The molecule has 0 aliphatic carbocycles. The minimum atomic E-state index is 0.782. The van der Waals surface area contributed by atoms with Crippen LogP contribution in [0.5, 0.6) is 5.75 Å². The van der Waals surface area contributed by atoms with Gasteiger partial charge in [0.2, 0.25) is 0 Å². The van der Waals surface area contributed by atoms with Crippen LogP contribution in [0.4, 0.5) is 0 Å². The van der Waals surface area contributed by atoms with Crippen LogP contribution in [0.25, 0.3) is 11.1 Å². The third kappa shape index (κ3) is 2.73. The van der Waals surface area contributed by atoms with Crippen LogP contribution in [0.2, 0.25) is 0 Å². The molecule has 0 spiro atoms. The number of ether oxygens (including phenoxy) is 1. The second-order valence-electron chi connectivity index (χ2n) is 5.21. The van der Waals surface area contributed by atoms with Gasteiger partial charge >= 0.3 is 0 Å². The third-order valence-corrected chi connectivity index (χ3v) is 3.68. The lowest BCUT2D eigenvalue weighted by atomic mass is 9.99. The van der Waals surface area contributed by atoms with Gasteiger partial charge in [-0.15, -0.1) is 0 Å². The summed E-state index contributed by atoms with van der Waals surface area (Å²) in [4.78, 5) is 0. The van der Waals surface area contributed by atoms with Crippen LogP contribution in [0.15, 0.2) is 34.9 Å². The molecule has 1 aromatic carbocycles. The summed E-state index contributed by atoms with van der Waals surface area (Å²) in [5.41, 5.74) is 3.71. The SMILES string of the molecule is CCCNCc1occc1-c1ccc2c(c1)CCCO2. The summed E-state index contributed by atoms with van der Waals surface area (Å²) in [6, 6.07) is 8.50. The summed E-state index contributed by atoms with van der Waals surface area (Å²) in [5, 5.41) is 3.39. The Morgan fingerprint density at radius 2 is 2.20 bits per heavy atom. The zero-order valence-electron chi connectivity index (χ0n) is 11.9. The van der Waals surface area contributed by atoms with Gasteiger partial charge in [-0.05, 0) is 55.1 Å².